The van der Waals surface area contributed by atoms with E-state index in [0.29, 0.717) is 0 Å². The topological polar surface area (TPSA) is 80.4 Å². The van der Waals surface area contributed by atoms with Gasteiger partial charge in [-0.1, -0.05) is 6.92 Å². The molecule has 1 amide bonds. The van der Waals surface area contributed by atoms with Gasteiger partial charge in [0.2, 0.25) is 5.91 Å². The Morgan fingerprint density at radius 1 is 1.55 bits per heavy atom. The maximum absolute atomic E-state index is 11.0. The normalized spacial score (nSPS) is 34.9. The number of aliphatic hydroxyl groups is 1. The standard InChI is InChI=1S/C7H11NO3/c1-3-6(7(3)11)4(9)2-5(8)10/h3,6-7,11H,2H2,1H3,(H2,8,10)/t3-,6?,7-/m0/s1. The molecule has 1 rings (SSSR count). The van der Waals surface area contributed by atoms with Crippen LogP contribution in [0.4, 0.5) is 0 Å². The van der Waals surface area contributed by atoms with E-state index in [1.165, 1.54) is 0 Å². The van der Waals surface area contributed by atoms with Gasteiger partial charge in [0.1, 0.15) is 5.78 Å². The minimum Gasteiger partial charge on any atom is -0.392 e. The molecule has 4 heteroatoms. The third-order valence-corrected chi connectivity index (χ3v) is 2.05. The van der Waals surface area contributed by atoms with Gasteiger partial charge >= 0.3 is 0 Å². The highest BCUT2D eigenvalue weighted by Crippen LogP contribution is 2.39. The number of amides is 1. The summed E-state index contributed by atoms with van der Waals surface area (Å²) in [4.78, 5) is 21.3. The van der Waals surface area contributed by atoms with Crippen molar-refractivity contribution in [1.82, 2.24) is 0 Å². The summed E-state index contributed by atoms with van der Waals surface area (Å²) in [6, 6.07) is 0. The van der Waals surface area contributed by atoms with Gasteiger partial charge in [-0.3, -0.25) is 9.59 Å². The summed E-state index contributed by atoms with van der Waals surface area (Å²) in [5.41, 5.74) is 4.81. The molecule has 4 nitrogen and oxygen atoms in total. The van der Waals surface area contributed by atoms with Crippen molar-refractivity contribution >= 4 is 11.7 Å². The molecule has 0 heterocycles. The van der Waals surface area contributed by atoms with Gasteiger partial charge in [-0.05, 0) is 5.92 Å². The average molecular weight is 157 g/mol. The fraction of sp³-hybridized carbons (Fsp3) is 0.714. The Kier molecular flexibility index (Phi) is 1.95. The number of nitrogens with two attached hydrogens (primary N) is 1. The molecule has 0 bridgehead atoms. The molecule has 0 aromatic heterocycles. The summed E-state index contributed by atoms with van der Waals surface area (Å²) in [5.74, 6) is -1.21. The third kappa shape index (κ3) is 1.57. The van der Waals surface area contributed by atoms with Crippen LogP contribution >= 0.6 is 0 Å². The monoisotopic (exact) mass is 157 g/mol. The molecule has 1 saturated carbocycles. The first-order chi connectivity index (χ1) is 5.04. The predicted molar refractivity (Wildman–Crippen MR) is 37.5 cm³/mol. The molecule has 0 aromatic carbocycles. The quantitative estimate of drug-likeness (QED) is 0.519. The molecule has 3 N–H and O–H groups in total. The van der Waals surface area contributed by atoms with Crippen LogP contribution in [0.1, 0.15) is 13.3 Å². The van der Waals surface area contributed by atoms with E-state index < -0.39 is 12.0 Å². The molecular weight excluding hydrogens is 146 g/mol. The smallest absolute Gasteiger partial charge is 0.224 e. The van der Waals surface area contributed by atoms with Crippen molar-refractivity contribution in [2.75, 3.05) is 0 Å². The van der Waals surface area contributed by atoms with Gasteiger partial charge in [0, 0.05) is 5.92 Å². The summed E-state index contributed by atoms with van der Waals surface area (Å²) in [7, 11) is 0. The minimum absolute atomic E-state index is 0.00171. The van der Waals surface area contributed by atoms with Crippen LogP contribution in [0.3, 0.4) is 0 Å². The van der Waals surface area contributed by atoms with Crippen molar-refractivity contribution in [2.24, 2.45) is 17.6 Å². The number of Topliss-reactive ketones (excluding diaryl/α,β-unsaturated/α-hetero) is 1. The zero-order valence-electron chi connectivity index (χ0n) is 6.28. The molecule has 0 spiro atoms. The fourth-order valence-corrected chi connectivity index (χ4v) is 1.21. The Labute approximate surface area is 64.4 Å². The van der Waals surface area contributed by atoms with Crippen molar-refractivity contribution in [3.63, 3.8) is 0 Å². The lowest BCUT2D eigenvalue weighted by atomic mass is 10.1. The molecule has 0 aromatic rings. The lowest BCUT2D eigenvalue weighted by Gasteiger charge is -1.92. The molecule has 1 unspecified atom stereocenters. The largest absolute Gasteiger partial charge is 0.392 e. The van der Waals surface area contributed by atoms with E-state index in [4.69, 9.17) is 10.8 Å². The first-order valence-electron chi connectivity index (χ1n) is 3.53. The molecular formula is C7H11NO3. The second-order valence-electron chi connectivity index (χ2n) is 2.98. The average Bonchev–Trinajstić information content (AvgIpc) is 2.39. The van der Waals surface area contributed by atoms with E-state index in [9.17, 15) is 9.59 Å². The number of primary amides is 1. The van der Waals surface area contributed by atoms with Gasteiger partial charge in [-0.2, -0.15) is 0 Å². The summed E-state index contributed by atoms with van der Waals surface area (Å²) in [5, 5.41) is 9.01. The van der Waals surface area contributed by atoms with E-state index in [1.807, 2.05) is 0 Å². The molecule has 11 heavy (non-hydrogen) atoms. The summed E-state index contributed by atoms with van der Waals surface area (Å²) in [6.45, 7) is 1.77. The van der Waals surface area contributed by atoms with Crippen LogP contribution in [0.2, 0.25) is 0 Å². The Bertz CT molecular complexity index is 194. The molecule has 1 aliphatic rings. The lowest BCUT2D eigenvalue weighted by molar-refractivity contribution is -0.127. The summed E-state index contributed by atoms with van der Waals surface area (Å²) in [6.07, 6.45) is -0.798. The first-order valence-corrected chi connectivity index (χ1v) is 3.53. The van der Waals surface area contributed by atoms with Crippen LogP contribution in [0.15, 0.2) is 0 Å². The number of hydrogen-bond donors (Lipinski definition) is 2. The molecule has 62 valence electrons. The Morgan fingerprint density at radius 3 is 2.27 bits per heavy atom. The number of hydrogen-bond acceptors (Lipinski definition) is 3. The van der Waals surface area contributed by atoms with Crippen molar-refractivity contribution in [3.8, 4) is 0 Å². The van der Waals surface area contributed by atoms with Crippen LogP contribution in [-0.2, 0) is 9.59 Å². The van der Waals surface area contributed by atoms with Gasteiger partial charge in [0.15, 0.2) is 0 Å². The molecule has 0 saturated heterocycles. The van der Waals surface area contributed by atoms with Crippen molar-refractivity contribution < 1.29 is 14.7 Å². The second-order valence-corrected chi connectivity index (χ2v) is 2.98. The number of rotatable bonds is 3. The zero-order valence-corrected chi connectivity index (χ0v) is 6.28. The van der Waals surface area contributed by atoms with Crippen LogP contribution in [0, 0.1) is 11.8 Å². The SMILES string of the molecule is C[C@H]1C(C(=O)CC(N)=O)[C@H]1O. The third-order valence-electron chi connectivity index (χ3n) is 2.05. The van der Waals surface area contributed by atoms with Crippen LogP contribution in [-0.4, -0.2) is 22.9 Å². The molecule has 1 fully saturated rings. The highest BCUT2D eigenvalue weighted by molar-refractivity contribution is 6.00. The van der Waals surface area contributed by atoms with Crippen LogP contribution in [0.5, 0.6) is 0 Å². The van der Waals surface area contributed by atoms with Crippen molar-refractivity contribution in [1.29, 1.82) is 0 Å². The maximum Gasteiger partial charge on any atom is 0.224 e. The lowest BCUT2D eigenvalue weighted by Crippen LogP contribution is -2.18. The zero-order chi connectivity index (χ0) is 8.59. The fourth-order valence-electron chi connectivity index (χ4n) is 1.21. The highest BCUT2D eigenvalue weighted by atomic mass is 16.3. The van der Waals surface area contributed by atoms with E-state index in [-0.39, 0.29) is 24.0 Å². The van der Waals surface area contributed by atoms with E-state index >= 15 is 0 Å². The number of carbonyl (C=O) groups is 2. The number of carbonyl (C=O) groups excluding carboxylic acids is 2. The predicted octanol–water partition coefficient (Wildman–Crippen LogP) is -0.942. The minimum atomic E-state index is -0.624. The highest BCUT2D eigenvalue weighted by Gasteiger charge is 2.50. The van der Waals surface area contributed by atoms with E-state index in [0.717, 1.165) is 0 Å². The number of aliphatic hydroxyl groups excluding tert-OH is 1. The van der Waals surface area contributed by atoms with Gasteiger partial charge in [0.25, 0.3) is 0 Å². The molecule has 0 aliphatic heterocycles. The van der Waals surface area contributed by atoms with Crippen LogP contribution in [0.25, 0.3) is 0 Å². The van der Waals surface area contributed by atoms with Gasteiger partial charge in [-0.25, -0.2) is 0 Å². The van der Waals surface area contributed by atoms with E-state index in [2.05, 4.69) is 0 Å². The first kappa shape index (κ1) is 8.20. The molecule has 3 atom stereocenters. The van der Waals surface area contributed by atoms with Crippen molar-refractivity contribution in [2.45, 2.75) is 19.4 Å². The second kappa shape index (κ2) is 2.62. The summed E-state index contributed by atoms with van der Waals surface area (Å²) < 4.78 is 0. The Morgan fingerprint density at radius 2 is 2.00 bits per heavy atom. The molecule has 1 aliphatic carbocycles. The Balaban J connectivity index is 2.39. The Hall–Kier alpha value is -0.900. The van der Waals surface area contributed by atoms with Gasteiger partial charge in [0.05, 0.1) is 12.5 Å². The maximum atomic E-state index is 11.0. The number of ketones is 1. The van der Waals surface area contributed by atoms with E-state index in [1.54, 1.807) is 6.92 Å². The van der Waals surface area contributed by atoms with Gasteiger partial charge in [-0.15, -0.1) is 0 Å². The van der Waals surface area contributed by atoms with Gasteiger partial charge < -0.3 is 10.8 Å². The summed E-state index contributed by atoms with van der Waals surface area (Å²) >= 11 is 0. The molecule has 0 radical (unpaired) electrons. The van der Waals surface area contributed by atoms with Crippen molar-refractivity contribution in [3.05, 3.63) is 0 Å². The van der Waals surface area contributed by atoms with Crippen LogP contribution < -0.4 is 5.73 Å².